The summed E-state index contributed by atoms with van der Waals surface area (Å²) in [5, 5.41) is 3.98. The van der Waals surface area contributed by atoms with Gasteiger partial charge in [0.1, 0.15) is 0 Å². The van der Waals surface area contributed by atoms with Crippen molar-refractivity contribution in [2.75, 3.05) is 4.90 Å². The maximum Gasteiger partial charge on any atom is 0.240 e. The zero-order chi connectivity index (χ0) is 19.2. The van der Waals surface area contributed by atoms with Crippen LogP contribution in [0.3, 0.4) is 0 Å². The Morgan fingerprint density at radius 1 is 0.929 bits per heavy atom. The van der Waals surface area contributed by atoms with Crippen molar-refractivity contribution in [1.82, 2.24) is 10.3 Å². The van der Waals surface area contributed by atoms with Crippen molar-refractivity contribution in [3.8, 4) is 0 Å². The van der Waals surface area contributed by atoms with Gasteiger partial charge < -0.3 is 10.3 Å². The smallest absolute Gasteiger partial charge is 0.240 e. The molecule has 3 aliphatic heterocycles. The molecule has 2 aromatic carbocycles. The fourth-order valence-electron chi connectivity index (χ4n) is 5.47. The normalized spacial score (nSPS) is 30.5. The number of imide groups is 1. The highest BCUT2D eigenvalue weighted by Crippen LogP contribution is 2.58. The summed E-state index contributed by atoms with van der Waals surface area (Å²) in [7, 11) is 0. The third-order valence-corrected chi connectivity index (χ3v) is 6.59. The second-order valence-corrected chi connectivity index (χ2v) is 7.98. The number of carbonyl (C=O) groups is 3. The van der Waals surface area contributed by atoms with Crippen LogP contribution in [-0.4, -0.2) is 22.7 Å². The van der Waals surface area contributed by atoms with E-state index in [1.165, 1.54) is 4.90 Å². The number of aromatic nitrogens is 1. The predicted octanol–water partition coefficient (Wildman–Crippen LogP) is 2.42. The van der Waals surface area contributed by atoms with Gasteiger partial charge in [-0.25, -0.2) is 4.90 Å². The first kappa shape index (κ1) is 15.6. The second kappa shape index (κ2) is 4.90. The van der Waals surface area contributed by atoms with E-state index in [4.69, 9.17) is 0 Å². The number of benzene rings is 2. The van der Waals surface area contributed by atoms with E-state index in [-0.39, 0.29) is 17.7 Å². The molecule has 0 spiro atoms. The molecule has 4 heterocycles. The van der Waals surface area contributed by atoms with Crippen LogP contribution in [0.1, 0.15) is 24.1 Å². The second-order valence-electron chi connectivity index (χ2n) is 7.98. The van der Waals surface area contributed by atoms with Gasteiger partial charge in [0.05, 0.1) is 29.0 Å². The summed E-state index contributed by atoms with van der Waals surface area (Å²) in [6.45, 7) is 1.85. The fourth-order valence-corrected chi connectivity index (χ4v) is 5.47. The minimum absolute atomic E-state index is 0.183. The van der Waals surface area contributed by atoms with E-state index in [1.807, 2.05) is 37.3 Å². The van der Waals surface area contributed by atoms with Crippen LogP contribution < -0.4 is 10.2 Å². The molecule has 7 rings (SSSR count). The van der Waals surface area contributed by atoms with Gasteiger partial charge in [-0.3, -0.25) is 14.4 Å². The molecule has 2 fully saturated rings. The number of piperidine rings is 1. The van der Waals surface area contributed by atoms with Crippen LogP contribution in [0.25, 0.3) is 10.9 Å². The average Bonchev–Trinajstić information content (AvgIpc) is 3.21. The number of nitrogens with one attached hydrogen (secondary N) is 2. The Balaban J connectivity index is 1.61. The topological polar surface area (TPSA) is 82.3 Å². The van der Waals surface area contributed by atoms with Crippen molar-refractivity contribution in [3.63, 3.8) is 0 Å². The number of rotatable bonds is 1. The van der Waals surface area contributed by atoms with E-state index in [9.17, 15) is 14.4 Å². The number of H-pyrrole nitrogens is 1. The Labute approximate surface area is 160 Å². The zero-order valence-corrected chi connectivity index (χ0v) is 15.1. The third kappa shape index (κ3) is 1.62. The van der Waals surface area contributed by atoms with E-state index < -0.39 is 23.3 Å². The molecule has 4 atom stereocenters. The number of para-hydroxylation sites is 2. The van der Waals surface area contributed by atoms with E-state index in [2.05, 4.69) is 10.3 Å². The van der Waals surface area contributed by atoms with Gasteiger partial charge in [0.15, 0.2) is 0 Å². The quantitative estimate of drug-likeness (QED) is 0.645. The third-order valence-electron chi connectivity index (χ3n) is 6.59. The molecule has 3 amide bonds. The zero-order valence-electron chi connectivity index (χ0n) is 15.1. The van der Waals surface area contributed by atoms with Crippen molar-refractivity contribution in [1.29, 1.82) is 0 Å². The number of anilines is 1. The number of amides is 3. The molecular weight excluding hydrogens is 354 g/mol. The molecule has 2 bridgehead atoms. The van der Waals surface area contributed by atoms with Crippen LogP contribution >= 0.6 is 0 Å². The van der Waals surface area contributed by atoms with Gasteiger partial charge in [0, 0.05) is 16.6 Å². The molecule has 2 saturated heterocycles. The Morgan fingerprint density at radius 3 is 2.43 bits per heavy atom. The first-order valence-electron chi connectivity index (χ1n) is 9.38. The molecule has 4 aliphatic rings. The number of carbonyl (C=O) groups excluding carboxylic acids is 3. The summed E-state index contributed by atoms with van der Waals surface area (Å²) in [5.74, 6) is -2.69. The van der Waals surface area contributed by atoms with Gasteiger partial charge >= 0.3 is 0 Å². The fraction of sp³-hybridized carbons (Fsp3) is 0.227. The Hall–Kier alpha value is -3.41. The van der Waals surface area contributed by atoms with Gasteiger partial charge in [-0.05, 0) is 30.7 Å². The summed E-state index contributed by atoms with van der Waals surface area (Å²) in [6.07, 6.45) is 0. The highest BCUT2D eigenvalue weighted by Gasteiger charge is 2.68. The van der Waals surface area contributed by atoms with Crippen LogP contribution in [0, 0.1) is 11.8 Å². The molecule has 2 N–H and O–H groups in total. The Kier molecular flexibility index (Phi) is 2.73. The van der Waals surface area contributed by atoms with Crippen molar-refractivity contribution in [2.45, 2.75) is 18.4 Å². The van der Waals surface area contributed by atoms with Gasteiger partial charge in [-0.2, -0.15) is 0 Å². The molecule has 0 radical (unpaired) electrons. The van der Waals surface area contributed by atoms with E-state index in [1.54, 1.807) is 24.3 Å². The number of hydrogen-bond donors (Lipinski definition) is 2. The average molecular weight is 371 g/mol. The standard InChI is InChI=1S/C22H17N3O3/c1-22-17-16(20(27)25(21(17)28)11-7-3-2-4-8-11)15(19(26)24-22)14-12-9-5-6-10-13(12)23-18(14)22/h2-10,15-17,23H,1H3,(H,24,26). The molecule has 138 valence electrons. The summed E-state index contributed by atoms with van der Waals surface area (Å²) in [6, 6.07) is 16.7. The highest BCUT2D eigenvalue weighted by molar-refractivity contribution is 6.25. The molecular formula is C22H17N3O3. The van der Waals surface area contributed by atoms with Crippen LogP contribution in [-0.2, 0) is 19.9 Å². The molecule has 6 heteroatoms. The summed E-state index contributed by atoms with van der Waals surface area (Å²) in [5.41, 5.74) is 2.23. The van der Waals surface area contributed by atoms with E-state index in [0.29, 0.717) is 5.69 Å². The van der Waals surface area contributed by atoms with Crippen LogP contribution in [0.2, 0.25) is 0 Å². The monoisotopic (exact) mass is 371 g/mol. The van der Waals surface area contributed by atoms with Crippen molar-refractivity contribution < 1.29 is 14.4 Å². The lowest BCUT2D eigenvalue weighted by Gasteiger charge is -2.49. The van der Waals surface area contributed by atoms with Gasteiger partial charge in [0.25, 0.3) is 0 Å². The lowest BCUT2D eigenvalue weighted by Crippen LogP contribution is -2.64. The van der Waals surface area contributed by atoms with Crippen LogP contribution in [0.4, 0.5) is 5.69 Å². The van der Waals surface area contributed by atoms with E-state index >= 15 is 0 Å². The number of hydrogen-bond acceptors (Lipinski definition) is 3. The minimum Gasteiger partial charge on any atom is -0.356 e. The predicted molar refractivity (Wildman–Crippen MR) is 102 cm³/mol. The lowest BCUT2D eigenvalue weighted by molar-refractivity contribution is -0.141. The molecule has 28 heavy (non-hydrogen) atoms. The van der Waals surface area contributed by atoms with Crippen LogP contribution in [0.15, 0.2) is 54.6 Å². The Bertz CT molecular complexity index is 1200. The highest BCUT2D eigenvalue weighted by atomic mass is 16.2. The summed E-state index contributed by atoms with van der Waals surface area (Å²) >= 11 is 0. The molecule has 1 aliphatic carbocycles. The SMILES string of the molecule is CC12NC(=O)C(c3c1[nH]c1ccccc31)C1C(=O)N(c3ccccc3)C(=O)C12. The first-order valence-corrected chi connectivity index (χ1v) is 9.38. The van der Waals surface area contributed by atoms with Crippen molar-refractivity contribution in [3.05, 3.63) is 65.9 Å². The van der Waals surface area contributed by atoms with Gasteiger partial charge in [-0.15, -0.1) is 0 Å². The molecule has 3 aromatic rings. The van der Waals surface area contributed by atoms with Crippen LogP contribution in [0.5, 0.6) is 0 Å². The molecule has 0 saturated carbocycles. The number of aromatic amines is 1. The maximum atomic E-state index is 13.4. The van der Waals surface area contributed by atoms with Crippen molar-refractivity contribution >= 4 is 34.3 Å². The van der Waals surface area contributed by atoms with Gasteiger partial charge in [0.2, 0.25) is 17.7 Å². The summed E-state index contributed by atoms with van der Waals surface area (Å²) in [4.78, 5) is 44.5. The summed E-state index contributed by atoms with van der Waals surface area (Å²) < 4.78 is 0. The maximum absolute atomic E-state index is 13.4. The van der Waals surface area contributed by atoms with E-state index in [0.717, 1.165) is 22.2 Å². The molecule has 4 unspecified atom stereocenters. The number of nitrogens with zero attached hydrogens (tertiary/aromatic N) is 1. The van der Waals surface area contributed by atoms with Crippen molar-refractivity contribution in [2.24, 2.45) is 11.8 Å². The minimum atomic E-state index is -0.943. The largest absolute Gasteiger partial charge is 0.356 e. The Morgan fingerprint density at radius 2 is 1.64 bits per heavy atom. The lowest BCUT2D eigenvalue weighted by atomic mass is 9.59. The number of fused-ring (bicyclic) bond motifs is 2. The first-order chi connectivity index (χ1) is 13.5. The molecule has 6 nitrogen and oxygen atoms in total. The van der Waals surface area contributed by atoms with Gasteiger partial charge in [-0.1, -0.05) is 36.4 Å². The molecule has 1 aromatic heterocycles.